The number of carbonyl (C=O) groups is 1. The lowest BCUT2D eigenvalue weighted by molar-refractivity contribution is -0.121. The first-order chi connectivity index (χ1) is 9.75. The molecule has 4 heteroatoms. The molecule has 0 aromatic rings. The number of rotatable bonds is 6. The lowest BCUT2D eigenvalue weighted by Gasteiger charge is -2.32. The van der Waals surface area contributed by atoms with Gasteiger partial charge in [0.15, 0.2) is 0 Å². The average Bonchev–Trinajstić information content (AvgIpc) is 2.49. The van der Waals surface area contributed by atoms with Crippen LogP contribution in [0, 0.1) is 0 Å². The maximum atomic E-state index is 11.9. The molecular formula is C16H31N3O. The van der Waals surface area contributed by atoms with Gasteiger partial charge in [-0.3, -0.25) is 9.69 Å². The number of amides is 1. The number of nitrogens with one attached hydrogen (secondary N) is 2. The fourth-order valence-corrected chi connectivity index (χ4v) is 3.41. The highest BCUT2D eigenvalue weighted by Gasteiger charge is 2.18. The zero-order valence-corrected chi connectivity index (χ0v) is 13.0. The highest BCUT2D eigenvalue weighted by atomic mass is 16.1. The summed E-state index contributed by atoms with van der Waals surface area (Å²) in [7, 11) is 0. The molecule has 0 spiro atoms. The summed E-state index contributed by atoms with van der Waals surface area (Å²) in [5.74, 6) is 0.169. The minimum atomic E-state index is 0.169. The van der Waals surface area contributed by atoms with Crippen LogP contribution in [0.5, 0.6) is 0 Å². The normalized spacial score (nSPS) is 23.4. The van der Waals surface area contributed by atoms with Crippen LogP contribution in [-0.2, 0) is 4.79 Å². The van der Waals surface area contributed by atoms with E-state index in [0.717, 1.165) is 19.4 Å². The van der Waals surface area contributed by atoms with Gasteiger partial charge in [-0.1, -0.05) is 25.7 Å². The van der Waals surface area contributed by atoms with E-state index in [9.17, 15) is 4.79 Å². The van der Waals surface area contributed by atoms with Gasteiger partial charge in [-0.2, -0.15) is 0 Å². The van der Waals surface area contributed by atoms with Gasteiger partial charge in [0, 0.05) is 18.6 Å². The van der Waals surface area contributed by atoms with Crippen molar-refractivity contribution in [1.29, 1.82) is 0 Å². The van der Waals surface area contributed by atoms with Gasteiger partial charge in [0.2, 0.25) is 5.91 Å². The van der Waals surface area contributed by atoms with Crippen molar-refractivity contribution in [2.45, 2.75) is 70.4 Å². The summed E-state index contributed by atoms with van der Waals surface area (Å²) < 4.78 is 0. The van der Waals surface area contributed by atoms with Crippen molar-refractivity contribution in [2.24, 2.45) is 0 Å². The van der Waals surface area contributed by atoms with E-state index in [0.29, 0.717) is 18.6 Å². The Morgan fingerprint density at radius 1 is 1.10 bits per heavy atom. The Balaban J connectivity index is 1.56. The van der Waals surface area contributed by atoms with Crippen molar-refractivity contribution in [2.75, 3.05) is 26.2 Å². The van der Waals surface area contributed by atoms with Crippen LogP contribution in [0.4, 0.5) is 0 Å². The molecule has 0 aromatic heterocycles. The molecule has 0 radical (unpaired) electrons. The zero-order chi connectivity index (χ0) is 14.2. The Labute approximate surface area is 123 Å². The molecule has 1 amide bonds. The Morgan fingerprint density at radius 3 is 2.45 bits per heavy atom. The van der Waals surface area contributed by atoms with E-state index >= 15 is 0 Å². The molecule has 1 unspecified atom stereocenters. The maximum absolute atomic E-state index is 11.9. The van der Waals surface area contributed by atoms with Gasteiger partial charge in [0.05, 0.1) is 6.54 Å². The van der Waals surface area contributed by atoms with Gasteiger partial charge in [0.25, 0.3) is 0 Å². The van der Waals surface area contributed by atoms with Gasteiger partial charge in [-0.25, -0.2) is 0 Å². The van der Waals surface area contributed by atoms with Gasteiger partial charge in [0.1, 0.15) is 0 Å². The smallest absolute Gasteiger partial charge is 0.234 e. The molecule has 1 saturated carbocycles. The number of nitrogens with zero attached hydrogens (tertiary/aromatic N) is 1. The second-order valence-electron chi connectivity index (χ2n) is 6.48. The van der Waals surface area contributed by atoms with Crippen LogP contribution in [0.3, 0.4) is 0 Å². The summed E-state index contributed by atoms with van der Waals surface area (Å²) in [4.78, 5) is 14.4. The molecular weight excluding hydrogens is 250 g/mol. The molecule has 2 N–H and O–H groups in total. The summed E-state index contributed by atoms with van der Waals surface area (Å²) >= 11 is 0. The highest BCUT2D eigenvalue weighted by Crippen LogP contribution is 2.17. The number of carbonyl (C=O) groups excluding carboxylic acids is 1. The molecule has 1 saturated heterocycles. The molecule has 20 heavy (non-hydrogen) atoms. The summed E-state index contributed by atoms with van der Waals surface area (Å²) in [5.41, 5.74) is 0. The van der Waals surface area contributed by atoms with Gasteiger partial charge in [-0.05, 0) is 45.7 Å². The van der Waals surface area contributed by atoms with Gasteiger partial charge >= 0.3 is 0 Å². The van der Waals surface area contributed by atoms with Gasteiger partial charge in [-0.15, -0.1) is 0 Å². The first-order valence-corrected chi connectivity index (χ1v) is 8.50. The molecule has 4 nitrogen and oxygen atoms in total. The average molecular weight is 281 g/mol. The number of hydrogen-bond acceptors (Lipinski definition) is 3. The van der Waals surface area contributed by atoms with E-state index in [1.54, 1.807) is 0 Å². The second-order valence-corrected chi connectivity index (χ2v) is 6.48. The fourth-order valence-electron chi connectivity index (χ4n) is 3.41. The monoisotopic (exact) mass is 281 g/mol. The van der Waals surface area contributed by atoms with Crippen molar-refractivity contribution >= 4 is 5.91 Å². The van der Waals surface area contributed by atoms with Crippen molar-refractivity contribution in [3.63, 3.8) is 0 Å². The van der Waals surface area contributed by atoms with E-state index < -0.39 is 0 Å². The predicted octanol–water partition coefficient (Wildman–Crippen LogP) is 1.90. The zero-order valence-electron chi connectivity index (χ0n) is 13.0. The van der Waals surface area contributed by atoms with Crippen LogP contribution in [0.15, 0.2) is 0 Å². The van der Waals surface area contributed by atoms with E-state index in [-0.39, 0.29) is 5.91 Å². The van der Waals surface area contributed by atoms with Crippen molar-refractivity contribution in [3.05, 3.63) is 0 Å². The Kier molecular flexibility index (Phi) is 6.80. The minimum Gasteiger partial charge on any atom is -0.352 e. The number of likely N-dealkylation sites (tertiary alicyclic amines) is 1. The van der Waals surface area contributed by atoms with Crippen molar-refractivity contribution in [1.82, 2.24) is 15.5 Å². The molecule has 0 aromatic carbocycles. The molecule has 2 aliphatic rings. The topological polar surface area (TPSA) is 44.4 Å². The third kappa shape index (κ3) is 5.41. The molecule has 2 rings (SSSR count). The van der Waals surface area contributed by atoms with E-state index in [1.807, 2.05) is 0 Å². The Bertz CT molecular complexity index is 283. The Hall–Kier alpha value is -0.610. The Morgan fingerprint density at radius 2 is 1.75 bits per heavy atom. The SMILES string of the molecule is CC(CNCC(=O)NC1CCCCC1)N1CCCCC1. The fraction of sp³-hybridized carbons (Fsp3) is 0.938. The molecule has 1 atom stereocenters. The first kappa shape index (κ1) is 15.8. The van der Waals surface area contributed by atoms with Crippen molar-refractivity contribution < 1.29 is 4.79 Å². The standard InChI is InChI=1S/C16H31N3O/c1-14(19-10-6-3-7-11-19)12-17-13-16(20)18-15-8-4-2-5-9-15/h14-15,17H,2-13H2,1H3,(H,18,20). The number of piperidine rings is 1. The molecule has 1 aliphatic carbocycles. The van der Waals surface area contributed by atoms with E-state index in [1.165, 1.54) is 51.6 Å². The second kappa shape index (κ2) is 8.63. The van der Waals surface area contributed by atoms with Crippen LogP contribution in [0.2, 0.25) is 0 Å². The summed E-state index contributed by atoms with van der Waals surface area (Å²) in [6, 6.07) is 0.968. The summed E-state index contributed by atoms with van der Waals surface area (Å²) in [6.07, 6.45) is 10.2. The third-order valence-electron chi connectivity index (χ3n) is 4.71. The lowest BCUT2D eigenvalue weighted by atomic mass is 9.95. The lowest BCUT2D eigenvalue weighted by Crippen LogP contribution is -2.46. The van der Waals surface area contributed by atoms with E-state index in [4.69, 9.17) is 0 Å². The maximum Gasteiger partial charge on any atom is 0.234 e. The van der Waals surface area contributed by atoms with Crippen LogP contribution >= 0.6 is 0 Å². The summed E-state index contributed by atoms with van der Waals surface area (Å²) in [5, 5.41) is 6.48. The first-order valence-electron chi connectivity index (χ1n) is 8.50. The highest BCUT2D eigenvalue weighted by molar-refractivity contribution is 5.78. The van der Waals surface area contributed by atoms with Gasteiger partial charge < -0.3 is 10.6 Å². The third-order valence-corrected chi connectivity index (χ3v) is 4.71. The van der Waals surface area contributed by atoms with Crippen LogP contribution in [-0.4, -0.2) is 49.1 Å². The molecule has 2 fully saturated rings. The quantitative estimate of drug-likeness (QED) is 0.781. The van der Waals surface area contributed by atoms with E-state index in [2.05, 4.69) is 22.5 Å². The largest absolute Gasteiger partial charge is 0.352 e. The van der Waals surface area contributed by atoms with Crippen LogP contribution < -0.4 is 10.6 Å². The molecule has 1 heterocycles. The van der Waals surface area contributed by atoms with Crippen molar-refractivity contribution in [3.8, 4) is 0 Å². The molecule has 0 bridgehead atoms. The summed E-state index contributed by atoms with van der Waals surface area (Å²) in [6.45, 7) is 6.08. The molecule has 1 aliphatic heterocycles. The minimum absolute atomic E-state index is 0.169. The van der Waals surface area contributed by atoms with Crippen LogP contribution in [0.1, 0.15) is 58.3 Å². The van der Waals surface area contributed by atoms with Crippen LogP contribution in [0.25, 0.3) is 0 Å². The molecule has 116 valence electrons. The number of hydrogen-bond donors (Lipinski definition) is 2. The predicted molar refractivity (Wildman–Crippen MR) is 82.8 cm³/mol.